The highest BCUT2D eigenvalue weighted by Crippen LogP contribution is 2.28. The van der Waals surface area contributed by atoms with Crippen LogP contribution >= 0.6 is 23.1 Å². The van der Waals surface area contributed by atoms with E-state index in [0.29, 0.717) is 18.8 Å². The number of halogens is 1. The van der Waals surface area contributed by atoms with Crippen LogP contribution in [0.5, 0.6) is 0 Å². The maximum absolute atomic E-state index is 12.9. The van der Waals surface area contributed by atoms with E-state index in [1.54, 1.807) is 17.0 Å². The van der Waals surface area contributed by atoms with Gasteiger partial charge in [-0.3, -0.25) is 4.79 Å². The molecule has 0 spiro atoms. The molecule has 1 heterocycles. The van der Waals surface area contributed by atoms with Gasteiger partial charge in [0.05, 0.1) is 11.4 Å². The van der Waals surface area contributed by atoms with Crippen LogP contribution in [0.3, 0.4) is 0 Å². The van der Waals surface area contributed by atoms with Crippen molar-refractivity contribution in [2.45, 2.75) is 18.2 Å². The smallest absolute Gasteiger partial charge is 0.233 e. The first kappa shape index (κ1) is 17.7. The molecule has 0 bridgehead atoms. The van der Waals surface area contributed by atoms with Crippen molar-refractivity contribution in [2.75, 3.05) is 18.8 Å². The minimum Gasteiger partial charge on any atom is -0.338 e. The Hall–Kier alpha value is -1.66. The van der Waals surface area contributed by atoms with Gasteiger partial charge in [-0.05, 0) is 38.1 Å². The average molecular weight is 350 g/mol. The lowest BCUT2D eigenvalue weighted by Crippen LogP contribution is -2.33. The van der Waals surface area contributed by atoms with Gasteiger partial charge in [0.1, 0.15) is 5.82 Å². The summed E-state index contributed by atoms with van der Waals surface area (Å²) in [6.07, 6.45) is 0. The molecule has 2 rings (SSSR count). The zero-order chi connectivity index (χ0) is 16.8. The lowest BCUT2D eigenvalue weighted by Gasteiger charge is -2.20. The number of likely N-dealkylation sites (N-methyl/N-ethyl adjacent to an activating group) is 1. The molecular weight excluding hydrogens is 331 g/mol. The Morgan fingerprint density at radius 2 is 2.09 bits per heavy atom. The standard InChI is InChI=1S/C17H19FN2OS2/c1-4-20(9-12(2)3)16(21)11-23-17-19-15(10-22-17)13-5-7-14(18)8-6-13/h5-8,10H,2,4,9,11H2,1,3H3. The largest absolute Gasteiger partial charge is 0.338 e. The third kappa shape index (κ3) is 5.18. The summed E-state index contributed by atoms with van der Waals surface area (Å²) in [5, 5.41) is 1.92. The van der Waals surface area contributed by atoms with Gasteiger partial charge in [-0.25, -0.2) is 9.37 Å². The van der Waals surface area contributed by atoms with Gasteiger partial charge in [0.25, 0.3) is 0 Å². The number of carbonyl (C=O) groups excluding carboxylic acids is 1. The molecule has 0 atom stereocenters. The second-order valence-electron chi connectivity index (χ2n) is 5.16. The molecule has 0 aliphatic heterocycles. The van der Waals surface area contributed by atoms with Crippen molar-refractivity contribution in [1.29, 1.82) is 0 Å². The van der Waals surface area contributed by atoms with Crippen LogP contribution < -0.4 is 0 Å². The topological polar surface area (TPSA) is 33.2 Å². The van der Waals surface area contributed by atoms with Crippen molar-refractivity contribution >= 4 is 29.0 Å². The molecular formula is C17H19FN2OS2. The second kappa shape index (κ2) is 8.26. The quantitative estimate of drug-likeness (QED) is 0.546. The molecule has 0 aliphatic carbocycles. The summed E-state index contributed by atoms with van der Waals surface area (Å²) in [7, 11) is 0. The monoisotopic (exact) mass is 350 g/mol. The fourth-order valence-electron chi connectivity index (χ4n) is 1.99. The SMILES string of the molecule is C=C(C)CN(CC)C(=O)CSc1nc(-c2ccc(F)cc2)cs1. The van der Waals surface area contributed by atoms with E-state index in [-0.39, 0.29) is 11.7 Å². The Bertz CT molecular complexity index is 682. The third-order valence-electron chi connectivity index (χ3n) is 3.14. The molecule has 1 amide bonds. The number of hydrogen-bond donors (Lipinski definition) is 0. The number of benzene rings is 1. The number of rotatable bonds is 7. The summed E-state index contributed by atoms with van der Waals surface area (Å²) in [4.78, 5) is 18.5. The normalized spacial score (nSPS) is 10.6. The zero-order valence-corrected chi connectivity index (χ0v) is 14.8. The van der Waals surface area contributed by atoms with E-state index < -0.39 is 0 Å². The van der Waals surface area contributed by atoms with Crippen LogP contribution in [0.15, 0.2) is 46.1 Å². The highest BCUT2D eigenvalue weighted by atomic mass is 32.2. The molecule has 3 nitrogen and oxygen atoms in total. The molecule has 0 aliphatic rings. The predicted molar refractivity (Wildman–Crippen MR) is 95.3 cm³/mol. The lowest BCUT2D eigenvalue weighted by atomic mass is 10.2. The van der Waals surface area contributed by atoms with Crippen LogP contribution in [0.2, 0.25) is 0 Å². The van der Waals surface area contributed by atoms with Crippen molar-refractivity contribution in [3.63, 3.8) is 0 Å². The minimum atomic E-state index is -0.263. The van der Waals surface area contributed by atoms with Crippen LogP contribution in [0.4, 0.5) is 4.39 Å². The molecule has 6 heteroatoms. The van der Waals surface area contributed by atoms with Gasteiger partial charge in [-0.15, -0.1) is 11.3 Å². The van der Waals surface area contributed by atoms with Crippen LogP contribution in [0.25, 0.3) is 11.3 Å². The van der Waals surface area contributed by atoms with E-state index in [1.807, 2.05) is 19.2 Å². The van der Waals surface area contributed by atoms with E-state index >= 15 is 0 Å². The van der Waals surface area contributed by atoms with Gasteiger partial charge in [0, 0.05) is 24.0 Å². The molecule has 0 N–H and O–H groups in total. The first-order valence-electron chi connectivity index (χ1n) is 7.26. The van der Waals surface area contributed by atoms with Gasteiger partial charge in [0.15, 0.2) is 4.34 Å². The summed E-state index contributed by atoms with van der Waals surface area (Å²) in [5.74, 6) is 0.178. The van der Waals surface area contributed by atoms with Gasteiger partial charge < -0.3 is 4.90 Å². The van der Waals surface area contributed by atoms with Crippen molar-refractivity contribution in [1.82, 2.24) is 9.88 Å². The first-order valence-corrected chi connectivity index (χ1v) is 9.12. The molecule has 0 unspecified atom stereocenters. The lowest BCUT2D eigenvalue weighted by molar-refractivity contribution is -0.127. The Balaban J connectivity index is 1.95. The summed E-state index contributed by atoms with van der Waals surface area (Å²) in [5.41, 5.74) is 2.65. The summed E-state index contributed by atoms with van der Waals surface area (Å²) in [6, 6.07) is 6.24. The van der Waals surface area contributed by atoms with Gasteiger partial charge >= 0.3 is 0 Å². The van der Waals surface area contributed by atoms with E-state index in [2.05, 4.69) is 11.6 Å². The third-order valence-corrected chi connectivity index (χ3v) is 5.14. The molecule has 122 valence electrons. The minimum absolute atomic E-state index is 0.0824. The van der Waals surface area contributed by atoms with Gasteiger partial charge in [-0.2, -0.15) is 0 Å². The zero-order valence-electron chi connectivity index (χ0n) is 13.2. The fraction of sp³-hybridized carbons (Fsp3) is 0.294. The number of carbonyl (C=O) groups is 1. The Labute approximate surface area is 144 Å². The second-order valence-corrected chi connectivity index (χ2v) is 7.24. The maximum Gasteiger partial charge on any atom is 0.233 e. The molecule has 2 aromatic rings. The van der Waals surface area contributed by atoms with Crippen molar-refractivity contribution in [3.8, 4) is 11.3 Å². The van der Waals surface area contributed by atoms with E-state index in [0.717, 1.165) is 21.2 Å². The number of thioether (sulfide) groups is 1. The molecule has 0 fully saturated rings. The molecule has 0 radical (unpaired) electrons. The van der Waals surface area contributed by atoms with Crippen LogP contribution in [-0.2, 0) is 4.79 Å². The van der Waals surface area contributed by atoms with Crippen molar-refractivity contribution < 1.29 is 9.18 Å². The van der Waals surface area contributed by atoms with Gasteiger partial charge in [-0.1, -0.05) is 23.9 Å². The summed E-state index contributed by atoms with van der Waals surface area (Å²) in [6.45, 7) is 8.99. The van der Waals surface area contributed by atoms with Crippen LogP contribution in [-0.4, -0.2) is 34.6 Å². The first-order chi connectivity index (χ1) is 11.0. The number of amides is 1. The maximum atomic E-state index is 12.9. The summed E-state index contributed by atoms with van der Waals surface area (Å²) < 4.78 is 13.8. The Kier molecular flexibility index (Phi) is 6.36. The van der Waals surface area contributed by atoms with Crippen molar-refractivity contribution in [2.24, 2.45) is 0 Å². The predicted octanol–water partition coefficient (Wildman–Crippen LogP) is 4.47. The highest BCUT2D eigenvalue weighted by Gasteiger charge is 2.13. The number of aromatic nitrogens is 1. The molecule has 23 heavy (non-hydrogen) atoms. The average Bonchev–Trinajstić information content (AvgIpc) is 2.99. The highest BCUT2D eigenvalue weighted by molar-refractivity contribution is 8.01. The Morgan fingerprint density at radius 1 is 1.39 bits per heavy atom. The van der Waals surface area contributed by atoms with Gasteiger partial charge in [0.2, 0.25) is 5.91 Å². The number of hydrogen-bond acceptors (Lipinski definition) is 4. The fourth-order valence-corrected chi connectivity index (χ4v) is 3.73. The Morgan fingerprint density at radius 3 is 2.70 bits per heavy atom. The van der Waals surface area contributed by atoms with Crippen LogP contribution in [0, 0.1) is 5.82 Å². The van der Waals surface area contributed by atoms with Crippen molar-refractivity contribution in [3.05, 3.63) is 47.6 Å². The molecule has 0 saturated heterocycles. The number of thiazole rings is 1. The molecule has 1 aromatic carbocycles. The van der Waals surface area contributed by atoms with E-state index in [4.69, 9.17) is 0 Å². The number of nitrogens with zero attached hydrogens (tertiary/aromatic N) is 2. The van der Waals surface area contributed by atoms with E-state index in [9.17, 15) is 9.18 Å². The van der Waals surface area contributed by atoms with Crippen LogP contribution in [0.1, 0.15) is 13.8 Å². The van der Waals surface area contributed by atoms with E-state index in [1.165, 1.54) is 35.2 Å². The summed E-state index contributed by atoms with van der Waals surface area (Å²) >= 11 is 2.92. The molecule has 0 saturated carbocycles. The molecule has 1 aromatic heterocycles.